The van der Waals surface area contributed by atoms with Crippen LogP contribution in [0.5, 0.6) is 5.75 Å². The number of amides is 3. The molecular formula is C33H52N4O8. The van der Waals surface area contributed by atoms with Gasteiger partial charge in [0.05, 0.1) is 31.2 Å². The second-order valence-electron chi connectivity index (χ2n) is 14.0. The third-order valence-corrected chi connectivity index (χ3v) is 7.78. The zero-order chi connectivity index (χ0) is 33.2. The molecule has 0 saturated carbocycles. The average Bonchev–Trinajstić information content (AvgIpc) is 2.97. The van der Waals surface area contributed by atoms with E-state index >= 15 is 0 Å². The Hall–Kier alpha value is -3.41. The molecule has 2 atom stereocenters. The summed E-state index contributed by atoms with van der Waals surface area (Å²) in [5.74, 6) is -0.317. The van der Waals surface area contributed by atoms with Crippen LogP contribution in [0.1, 0.15) is 98.1 Å². The molecule has 3 heterocycles. The van der Waals surface area contributed by atoms with Gasteiger partial charge in [0.15, 0.2) is 0 Å². The number of aliphatic hydroxyl groups excluding tert-OH is 1. The van der Waals surface area contributed by atoms with Gasteiger partial charge in [-0.05, 0) is 91.2 Å². The fourth-order valence-corrected chi connectivity index (χ4v) is 5.59. The number of likely N-dealkylation sites (tertiary alicyclic amines) is 2. The summed E-state index contributed by atoms with van der Waals surface area (Å²) in [4.78, 5) is 59.5. The molecule has 0 aliphatic carbocycles. The first-order valence-corrected chi connectivity index (χ1v) is 16.1. The van der Waals surface area contributed by atoms with Gasteiger partial charge < -0.3 is 34.4 Å². The Morgan fingerprint density at radius 2 is 1.67 bits per heavy atom. The van der Waals surface area contributed by atoms with Gasteiger partial charge in [-0.3, -0.25) is 19.4 Å². The number of esters is 1. The van der Waals surface area contributed by atoms with Crippen molar-refractivity contribution in [2.24, 2.45) is 11.8 Å². The Morgan fingerprint density at radius 3 is 2.31 bits per heavy atom. The number of carbonyl (C=O) groups excluding carboxylic acids is 4. The lowest BCUT2D eigenvalue weighted by Gasteiger charge is -2.35. The van der Waals surface area contributed by atoms with E-state index < -0.39 is 29.1 Å². The number of piperidine rings is 2. The minimum Gasteiger partial charge on any atom is -0.490 e. The van der Waals surface area contributed by atoms with E-state index in [4.69, 9.17) is 19.3 Å². The van der Waals surface area contributed by atoms with E-state index in [1.54, 1.807) is 42.8 Å². The molecule has 0 unspecified atom stereocenters. The van der Waals surface area contributed by atoms with Crippen LogP contribution in [0.4, 0.5) is 4.79 Å². The largest absolute Gasteiger partial charge is 0.490 e. The highest BCUT2D eigenvalue weighted by Gasteiger charge is 2.32. The predicted molar refractivity (Wildman–Crippen MR) is 167 cm³/mol. The lowest BCUT2D eigenvalue weighted by molar-refractivity contribution is -0.155. The molecule has 0 radical (unpaired) electrons. The maximum atomic E-state index is 13.5. The van der Waals surface area contributed by atoms with Crippen molar-refractivity contribution < 1.29 is 38.5 Å². The first-order valence-electron chi connectivity index (χ1n) is 16.1. The molecule has 45 heavy (non-hydrogen) atoms. The normalized spacial score (nSPS) is 18.6. The highest BCUT2D eigenvalue weighted by molar-refractivity contribution is 5.82. The Morgan fingerprint density at radius 1 is 0.978 bits per heavy atom. The van der Waals surface area contributed by atoms with Gasteiger partial charge in [0.2, 0.25) is 11.8 Å². The molecule has 2 aliphatic heterocycles. The van der Waals surface area contributed by atoms with Crippen molar-refractivity contribution in [2.45, 2.75) is 104 Å². The van der Waals surface area contributed by atoms with E-state index in [1.807, 2.05) is 20.8 Å². The minimum atomic E-state index is -0.713. The van der Waals surface area contributed by atoms with Gasteiger partial charge in [-0.2, -0.15) is 0 Å². The lowest BCUT2D eigenvalue weighted by atomic mass is 9.91. The number of carbonyl (C=O) groups is 4. The SMILES string of the molecule is CC(C)(C)OC(=O)C[C@H](NC(=O)[C@@H]1CCCN(C(=O)CCC2CCN(C(=O)OC(C)(C)C)CC2)C1)c1cncc(OCCO)c1. The molecule has 0 bridgehead atoms. The number of hydrogen-bond acceptors (Lipinski definition) is 9. The number of aliphatic hydroxyl groups is 1. The first-order chi connectivity index (χ1) is 21.1. The fourth-order valence-electron chi connectivity index (χ4n) is 5.59. The Bertz CT molecular complexity index is 1150. The molecule has 0 spiro atoms. The van der Waals surface area contributed by atoms with E-state index in [-0.39, 0.29) is 37.5 Å². The molecule has 252 valence electrons. The topological polar surface area (TPSA) is 148 Å². The Labute approximate surface area is 267 Å². The number of nitrogens with one attached hydrogen (secondary N) is 1. The monoisotopic (exact) mass is 632 g/mol. The van der Waals surface area contributed by atoms with Crippen LogP contribution < -0.4 is 10.1 Å². The number of rotatable bonds is 11. The predicted octanol–water partition coefficient (Wildman–Crippen LogP) is 4.01. The van der Waals surface area contributed by atoms with Crippen LogP contribution in [0, 0.1) is 11.8 Å². The van der Waals surface area contributed by atoms with Crippen LogP contribution in [-0.4, -0.2) is 94.4 Å². The summed E-state index contributed by atoms with van der Waals surface area (Å²) in [6.07, 6.45) is 6.83. The van der Waals surface area contributed by atoms with Crippen LogP contribution in [0.25, 0.3) is 0 Å². The van der Waals surface area contributed by atoms with Crippen molar-refractivity contribution in [1.29, 1.82) is 0 Å². The molecule has 2 saturated heterocycles. The molecule has 2 aliphatic rings. The van der Waals surface area contributed by atoms with Gasteiger partial charge in [-0.25, -0.2) is 4.79 Å². The molecule has 3 rings (SSSR count). The van der Waals surface area contributed by atoms with Crippen molar-refractivity contribution in [3.63, 3.8) is 0 Å². The highest BCUT2D eigenvalue weighted by atomic mass is 16.6. The summed E-state index contributed by atoms with van der Waals surface area (Å²) >= 11 is 0. The highest BCUT2D eigenvalue weighted by Crippen LogP contribution is 2.27. The van der Waals surface area contributed by atoms with Crippen LogP contribution in [0.2, 0.25) is 0 Å². The van der Waals surface area contributed by atoms with Crippen molar-refractivity contribution >= 4 is 23.9 Å². The minimum absolute atomic E-state index is 0.0327. The molecule has 1 aromatic rings. The Kier molecular flexibility index (Phi) is 13.0. The molecule has 0 aromatic carbocycles. The summed E-state index contributed by atoms with van der Waals surface area (Å²) in [5.41, 5.74) is -0.637. The summed E-state index contributed by atoms with van der Waals surface area (Å²) in [6.45, 7) is 13.0. The van der Waals surface area contributed by atoms with Crippen molar-refractivity contribution in [3.05, 3.63) is 24.0 Å². The second-order valence-corrected chi connectivity index (χ2v) is 14.0. The van der Waals surface area contributed by atoms with Gasteiger partial charge in [0, 0.05) is 38.8 Å². The van der Waals surface area contributed by atoms with E-state index in [9.17, 15) is 19.2 Å². The number of ether oxygens (including phenoxy) is 3. The molecule has 1 aromatic heterocycles. The van der Waals surface area contributed by atoms with Gasteiger partial charge in [0.25, 0.3) is 0 Å². The summed E-state index contributed by atoms with van der Waals surface area (Å²) in [7, 11) is 0. The maximum absolute atomic E-state index is 13.5. The molecule has 2 N–H and O–H groups in total. The van der Waals surface area contributed by atoms with Crippen LogP contribution in [0.15, 0.2) is 18.5 Å². The number of nitrogens with zero attached hydrogens (tertiary/aromatic N) is 3. The van der Waals surface area contributed by atoms with E-state index in [2.05, 4.69) is 10.3 Å². The van der Waals surface area contributed by atoms with Crippen LogP contribution >= 0.6 is 0 Å². The third-order valence-electron chi connectivity index (χ3n) is 7.78. The van der Waals surface area contributed by atoms with Crippen LogP contribution in [0.3, 0.4) is 0 Å². The van der Waals surface area contributed by atoms with Crippen molar-refractivity contribution in [3.8, 4) is 5.75 Å². The smallest absolute Gasteiger partial charge is 0.410 e. The number of hydrogen-bond donors (Lipinski definition) is 2. The van der Waals surface area contributed by atoms with E-state index in [0.29, 0.717) is 62.7 Å². The average molecular weight is 633 g/mol. The summed E-state index contributed by atoms with van der Waals surface area (Å²) in [5, 5.41) is 12.1. The molecular weight excluding hydrogens is 580 g/mol. The number of aromatic nitrogens is 1. The Balaban J connectivity index is 1.56. The molecule has 3 amide bonds. The van der Waals surface area contributed by atoms with E-state index in [0.717, 1.165) is 19.3 Å². The molecule has 12 nitrogen and oxygen atoms in total. The van der Waals surface area contributed by atoms with E-state index in [1.165, 1.54) is 6.20 Å². The van der Waals surface area contributed by atoms with Gasteiger partial charge in [-0.15, -0.1) is 0 Å². The van der Waals surface area contributed by atoms with Gasteiger partial charge >= 0.3 is 12.1 Å². The zero-order valence-corrected chi connectivity index (χ0v) is 27.8. The zero-order valence-electron chi connectivity index (χ0n) is 27.8. The second kappa shape index (κ2) is 16.2. The quantitative estimate of drug-likeness (QED) is 0.345. The first kappa shape index (κ1) is 36.1. The fraction of sp³-hybridized carbons (Fsp3) is 0.727. The molecule has 12 heteroatoms. The molecule has 2 fully saturated rings. The lowest BCUT2D eigenvalue weighted by Crippen LogP contribution is -2.46. The van der Waals surface area contributed by atoms with Crippen LogP contribution in [-0.2, 0) is 23.9 Å². The number of pyridine rings is 1. The third kappa shape index (κ3) is 12.5. The standard InChI is InChI=1S/C33H52N4O8/c1-32(2,3)44-29(40)19-27(25-18-26(21-34-20-25)43-17-16-38)35-30(41)24-8-7-13-37(22-24)28(39)10-9-23-11-14-36(15-12-23)31(42)45-33(4,5)6/h18,20-21,23-24,27,38H,7-17,19,22H2,1-6H3,(H,35,41)/t24-,27+/m1/s1. The van der Waals surface area contributed by atoms with Crippen molar-refractivity contribution in [2.75, 3.05) is 39.4 Å². The summed E-state index contributed by atoms with van der Waals surface area (Å²) < 4.78 is 16.5. The van der Waals surface area contributed by atoms with Gasteiger partial charge in [-0.1, -0.05) is 0 Å². The maximum Gasteiger partial charge on any atom is 0.410 e. The van der Waals surface area contributed by atoms with Gasteiger partial charge in [0.1, 0.15) is 23.6 Å². The summed E-state index contributed by atoms with van der Waals surface area (Å²) in [6, 6.07) is 0.974. The van der Waals surface area contributed by atoms with Crippen molar-refractivity contribution in [1.82, 2.24) is 20.1 Å².